The number of aromatic nitrogens is 1. The number of carbonyl (C=O) groups is 1. The number of nitrogens with zero attached hydrogens (tertiary/aromatic N) is 1. The van der Waals surface area contributed by atoms with Crippen molar-refractivity contribution in [3.8, 4) is 22.6 Å². The fourth-order valence-corrected chi connectivity index (χ4v) is 4.49. The summed E-state index contributed by atoms with van der Waals surface area (Å²) in [5, 5.41) is 12.5. The lowest BCUT2D eigenvalue weighted by atomic mass is 10.0. The molecule has 1 amide bonds. The molecule has 0 saturated carbocycles. The van der Waals surface area contributed by atoms with Crippen molar-refractivity contribution < 1.29 is 19.0 Å². The Morgan fingerprint density at radius 2 is 1.70 bits per heavy atom. The first-order chi connectivity index (χ1) is 17.6. The standard InChI is InChI=1S/C28H24Cl2FN3O3/c1-15(17-7-9-21(35)10-8-17)34-28(36)19-5-3-18(4-6-19)20-13-24(27(32)33-14-20)37-16(2)25-22(29)11-12-23(31)26(25)30/h3-16,35H,1-2H3,(H2,32,33)(H,34,36). The molecule has 37 heavy (non-hydrogen) atoms. The predicted molar refractivity (Wildman–Crippen MR) is 144 cm³/mol. The van der Waals surface area contributed by atoms with Crippen LogP contribution < -0.4 is 15.8 Å². The molecule has 3 aromatic carbocycles. The van der Waals surface area contributed by atoms with Crippen molar-refractivity contribution in [1.29, 1.82) is 0 Å². The minimum Gasteiger partial charge on any atom is -0.508 e. The van der Waals surface area contributed by atoms with Gasteiger partial charge in [-0.3, -0.25) is 4.79 Å². The van der Waals surface area contributed by atoms with Crippen LogP contribution in [0.2, 0.25) is 10.0 Å². The molecule has 0 aliphatic heterocycles. The van der Waals surface area contributed by atoms with Gasteiger partial charge >= 0.3 is 0 Å². The van der Waals surface area contributed by atoms with Gasteiger partial charge in [-0.05, 0) is 67.4 Å². The molecule has 0 radical (unpaired) electrons. The van der Waals surface area contributed by atoms with E-state index in [4.69, 9.17) is 33.7 Å². The lowest BCUT2D eigenvalue weighted by Gasteiger charge is -2.19. The van der Waals surface area contributed by atoms with Crippen molar-refractivity contribution in [3.63, 3.8) is 0 Å². The number of ether oxygens (including phenoxy) is 1. The lowest BCUT2D eigenvalue weighted by Crippen LogP contribution is -2.26. The van der Waals surface area contributed by atoms with E-state index in [1.807, 2.05) is 6.92 Å². The van der Waals surface area contributed by atoms with Gasteiger partial charge in [0.1, 0.15) is 17.7 Å². The zero-order chi connectivity index (χ0) is 26.7. The van der Waals surface area contributed by atoms with E-state index in [2.05, 4.69) is 10.3 Å². The number of phenols is 1. The second kappa shape index (κ2) is 11.1. The molecule has 0 fully saturated rings. The molecule has 0 bridgehead atoms. The molecule has 0 saturated heterocycles. The van der Waals surface area contributed by atoms with Crippen LogP contribution in [0.15, 0.2) is 72.9 Å². The van der Waals surface area contributed by atoms with E-state index < -0.39 is 11.9 Å². The number of pyridine rings is 1. The third kappa shape index (κ3) is 5.96. The highest BCUT2D eigenvalue weighted by atomic mass is 35.5. The maximum absolute atomic E-state index is 14.0. The Morgan fingerprint density at radius 3 is 2.38 bits per heavy atom. The number of hydrogen-bond donors (Lipinski definition) is 3. The summed E-state index contributed by atoms with van der Waals surface area (Å²) >= 11 is 12.3. The zero-order valence-corrected chi connectivity index (χ0v) is 21.5. The second-order valence-electron chi connectivity index (χ2n) is 8.49. The van der Waals surface area contributed by atoms with Gasteiger partial charge in [0, 0.05) is 27.9 Å². The van der Waals surface area contributed by atoms with Gasteiger partial charge in [-0.15, -0.1) is 0 Å². The Balaban J connectivity index is 1.50. The summed E-state index contributed by atoms with van der Waals surface area (Å²) in [6.07, 6.45) is 0.897. The molecule has 0 aliphatic rings. The molecule has 9 heteroatoms. The number of halogens is 3. The average Bonchev–Trinajstić information content (AvgIpc) is 2.88. The smallest absolute Gasteiger partial charge is 0.251 e. The van der Waals surface area contributed by atoms with Crippen molar-refractivity contribution in [3.05, 3.63) is 105 Å². The van der Waals surface area contributed by atoms with Crippen LogP contribution in [0.25, 0.3) is 11.1 Å². The summed E-state index contributed by atoms with van der Waals surface area (Å²) < 4.78 is 19.9. The van der Waals surface area contributed by atoms with Crippen LogP contribution >= 0.6 is 23.2 Å². The highest BCUT2D eigenvalue weighted by Gasteiger charge is 2.20. The Morgan fingerprint density at radius 1 is 1.03 bits per heavy atom. The van der Waals surface area contributed by atoms with Crippen LogP contribution in [0.5, 0.6) is 11.5 Å². The van der Waals surface area contributed by atoms with Gasteiger partial charge in [0.15, 0.2) is 11.6 Å². The van der Waals surface area contributed by atoms with E-state index in [0.29, 0.717) is 16.7 Å². The van der Waals surface area contributed by atoms with E-state index >= 15 is 0 Å². The minimum absolute atomic E-state index is 0.115. The number of rotatable bonds is 7. The van der Waals surface area contributed by atoms with Crippen LogP contribution in [-0.4, -0.2) is 16.0 Å². The number of phenolic OH excluding ortho intramolecular Hbond substituents is 1. The SMILES string of the molecule is CC(NC(=O)c1ccc(-c2cnc(N)c(OC(C)c3c(Cl)ccc(F)c3Cl)c2)cc1)c1ccc(O)cc1. The van der Waals surface area contributed by atoms with Gasteiger partial charge in [0.25, 0.3) is 5.91 Å². The van der Waals surface area contributed by atoms with Gasteiger partial charge in [0.05, 0.1) is 11.1 Å². The predicted octanol–water partition coefficient (Wildman–Crippen LogP) is 7.11. The number of nitrogen functional groups attached to an aromatic ring is 1. The summed E-state index contributed by atoms with van der Waals surface area (Å²) in [6.45, 7) is 3.55. The summed E-state index contributed by atoms with van der Waals surface area (Å²) in [5.74, 6) is -0.230. The van der Waals surface area contributed by atoms with Gasteiger partial charge in [-0.2, -0.15) is 0 Å². The molecule has 0 spiro atoms. The molecule has 190 valence electrons. The molecule has 2 unspecified atom stereocenters. The molecular weight excluding hydrogens is 516 g/mol. The first-order valence-corrected chi connectivity index (χ1v) is 12.2. The van der Waals surface area contributed by atoms with Crippen molar-refractivity contribution in [2.75, 3.05) is 5.73 Å². The summed E-state index contributed by atoms with van der Waals surface area (Å²) in [6, 6.07) is 17.7. The van der Waals surface area contributed by atoms with Gasteiger partial charge in [-0.25, -0.2) is 9.37 Å². The van der Waals surface area contributed by atoms with Crippen molar-refractivity contribution in [2.45, 2.75) is 26.0 Å². The monoisotopic (exact) mass is 539 g/mol. The number of aromatic hydroxyl groups is 1. The molecule has 1 heterocycles. The summed E-state index contributed by atoms with van der Waals surface area (Å²) in [4.78, 5) is 16.9. The summed E-state index contributed by atoms with van der Waals surface area (Å²) in [5.41, 5.74) is 9.18. The average molecular weight is 540 g/mol. The van der Waals surface area contributed by atoms with Crippen molar-refractivity contribution in [2.24, 2.45) is 0 Å². The largest absolute Gasteiger partial charge is 0.508 e. The van der Waals surface area contributed by atoms with Crippen molar-refractivity contribution in [1.82, 2.24) is 10.3 Å². The molecule has 4 rings (SSSR count). The highest BCUT2D eigenvalue weighted by molar-refractivity contribution is 6.36. The normalized spacial score (nSPS) is 12.6. The first kappa shape index (κ1) is 26.3. The number of nitrogens with two attached hydrogens (primary N) is 1. The lowest BCUT2D eigenvalue weighted by molar-refractivity contribution is 0.0940. The van der Waals surface area contributed by atoms with Gasteiger partial charge in [-0.1, -0.05) is 47.5 Å². The van der Waals surface area contributed by atoms with E-state index in [1.54, 1.807) is 67.7 Å². The Hall–Kier alpha value is -3.81. The Labute approximate surface area is 223 Å². The van der Waals surface area contributed by atoms with Crippen LogP contribution in [0, 0.1) is 5.82 Å². The van der Waals surface area contributed by atoms with Crippen LogP contribution in [0.1, 0.15) is 47.5 Å². The number of carbonyl (C=O) groups excluding carboxylic acids is 1. The van der Waals surface area contributed by atoms with E-state index in [-0.39, 0.29) is 39.3 Å². The van der Waals surface area contributed by atoms with E-state index in [1.165, 1.54) is 12.1 Å². The van der Waals surface area contributed by atoms with Crippen molar-refractivity contribution >= 4 is 34.9 Å². The Bertz CT molecular complexity index is 1430. The molecule has 0 aliphatic carbocycles. The minimum atomic E-state index is -0.698. The molecule has 4 aromatic rings. The molecular formula is C28H24Cl2FN3O3. The van der Waals surface area contributed by atoms with Gasteiger partial charge in [0.2, 0.25) is 0 Å². The number of benzene rings is 3. The number of hydrogen-bond acceptors (Lipinski definition) is 5. The van der Waals surface area contributed by atoms with Crippen LogP contribution in [-0.2, 0) is 0 Å². The fraction of sp³-hybridized carbons (Fsp3) is 0.143. The topological polar surface area (TPSA) is 97.5 Å². The maximum atomic E-state index is 14.0. The number of anilines is 1. The van der Waals surface area contributed by atoms with Gasteiger partial charge < -0.3 is 20.9 Å². The Kier molecular flexibility index (Phi) is 7.86. The quantitative estimate of drug-likeness (QED) is 0.217. The molecule has 6 nitrogen and oxygen atoms in total. The molecule has 2 atom stereocenters. The molecule has 4 N–H and O–H groups in total. The maximum Gasteiger partial charge on any atom is 0.251 e. The fourth-order valence-electron chi connectivity index (χ4n) is 3.81. The van der Waals surface area contributed by atoms with E-state index in [9.17, 15) is 14.3 Å². The van der Waals surface area contributed by atoms with Crippen LogP contribution in [0.3, 0.4) is 0 Å². The zero-order valence-electron chi connectivity index (χ0n) is 20.0. The molecule has 1 aromatic heterocycles. The number of amides is 1. The van der Waals surface area contributed by atoms with E-state index in [0.717, 1.165) is 11.1 Å². The van der Waals surface area contributed by atoms with Crippen LogP contribution in [0.4, 0.5) is 10.2 Å². The summed E-state index contributed by atoms with van der Waals surface area (Å²) in [7, 11) is 0. The number of nitrogens with one attached hydrogen (secondary N) is 1. The third-order valence-electron chi connectivity index (χ3n) is 5.89. The highest BCUT2D eigenvalue weighted by Crippen LogP contribution is 2.37. The first-order valence-electron chi connectivity index (χ1n) is 11.4. The second-order valence-corrected chi connectivity index (χ2v) is 9.27. The third-order valence-corrected chi connectivity index (χ3v) is 6.61.